The summed E-state index contributed by atoms with van der Waals surface area (Å²) in [6, 6.07) is 6.82. The molecule has 0 saturated carbocycles. The molecule has 0 spiro atoms. The van der Waals surface area contributed by atoms with Crippen molar-refractivity contribution in [2.45, 2.75) is 92.1 Å². The Labute approximate surface area is 303 Å². The van der Waals surface area contributed by atoms with Gasteiger partial charge < -0.3 is 99.2 Å². The lowest BCUT2D eigenvalue weighted by atomic mass is 9.98. The van der Waals surface area contributed by atoms with Crippen molar-refractivity contribution in [1.29, 1.82) is 0 Å². The zero-order valence-electron chi connectivity index (χ0n) is 27.8. The van der Waals surface area contributed by atoms with Gasteiger partial charge in [0.25, 0.3) is 0 Å². The van der Waals surface area contributed by atoms with E-state index in [9.17, 15) is 71.2 Å². The highest BCUT2D eigenvalue weighted by atomic mass is 16.7. The average Bonchev–Trinajstić information content (AvgIpc) is 3.14. The molecule has 21 nitrogen and oxygen atoms in total. The molecule has 3 fully saturated rings. The van der Waals surface area contributed by atoms with Crippen molar-refractivity contribution in [2.75, 3.05) is 19.8 Å². The van der Waals surface area contributed by atoms with Crippen LogP contribution in [0.15, 0.2) is 45.6 Å². The van der Waals surface area contributed by atoms with Crippen molar-refractivity contribution in [3.05, 3.63) is 46.6 Å². The minimum absolute atomic E-state index is 0.115. The molecule has 0 bridgehead atoms. The first-order chi connectivity index (χ1) is 25.6. The largest absolute Gasteiger partial charge is 0.507 e. The van der Waals surface area contributed by atoms with E-state index in [1.807, 2.05) is 0 Å². The van der Waals surface area contributed by atoms with Crippen molar-refractivity contribution in [2.24, 2.45) is 0 Å². The molecule has 6 rings (SSSR count). The molecule has 3 aromatic rings. The number of aliphatic hydroxyl groups is 11. The summed E-state index contributed by atoms with van der Waals surface area (Å²) in [5.41, 5.74) is -0.861. The van der Waals surface area contributed by atoms with Crippen LogP contribution in [-0.4, -0.2) is 178 Å². The zero-order chi connectivity index (χ0) is 39.2. The monoisotopic (exact) mass is 772 g/mol. The van der Waals surface area contributed by atoms with Gasteiger partial charge in [0.15, 0.2) is 23.2 Å². The van der Waals surface area contributed by atoms with Crippen LogP contribution in [0.2, 0.25) is 0 Å². The van der Waals surface area contributed by atoms with Crippen LogP contribution in [0, 0.1) is 0 Å². The number of aliphatic hydroxyl groups excluding tert-OH is 11. The smallest absolute Gasteiger partial charge is 0.229 e. The lowest BCUT2D eigenvalue weighted by Gasteiger charge is -2.42. The summed E-state index contributed by atoms with van der Waals surface area (Å²) >= 11 is 0. The normalized spacial score (nSPS) is 37.3. The first kappa shape index (κ1) is 39.9. The van der Waals surface area contributed by atoms with Crippen LogP contribution in [0.25, 0.3) is 22.3 Å². The summed E-state index contributed by atoms with van der Waals surface area (Å²) in [7, 11) is 0. The van der Waals surface area contributed by atoms with Gasteiger partial charge in [0, 0.05) is 23.8 Å². The van der Waals surface area contributed by atoms with E-state index in [-0.39, 0.29) is 33.8 Å². The number of hydrogen-bond acceptors (Lipinski definition) is 21. The molecule has 0 radical (unpaired) electrons. The number of phenols is 2. The maximum atomic E-state index is 13.1. The highest BCUT2D eigenvalue weighted by molar-refractivity contribution is 5.86. The minimum Gasteiger partial charge on any atom is -0.507 e. The molecule has 54 heavy (non-hydrogen) atoms. The van der Waals surface area contributed by atoms with Crippen molar-refractivity contribution in [3.8, 4) is 34.3 Å². The maximum absolute atomic E-state index is 13.1. The Balaban J connectivity index is 1.19. The van der Waals surface area contributed by atoms with Crippen LogP contribution in [0.3, 0.4) is 0 Å². The molecule has 21 heteroatoms. The van der Waals surface area contributed by atoms with E-state index >= 15 is 0 Å². The highest BCUT2D eigenvalue weighted by Crippen LogP contribution is 2.37. The summed E-state index contributed by atoms with van der Waals surface area (Å²) < 4.78 is 38.5. The molecule has 13 N–H and O–H groups in total. The molecule has 4 heterocycles. The molecule has 15 atom stereocenters. The summed E-state index contributed by atoms with van der Waals surface area (Å²) in [6.07, 6.45) is -24.8. The third-order valence-corrected chi connectivity index (χ3v) is 9.31. The molecular weight excluding hydrogens is 732 g/mol. The van der Waals surface area contributed by atoms with E-state index < -0.39 is 129 Å². The number of rotatable bonds is 10. The number of ether oxygens (including phenoxy) is 6. The molecule has 1 aromatic heterocycles. The fraction of sp³-hybridized carbons (Fsp3) is 0.545. The van der Waals surface area contributed by atoms with Crippen LogP contribution in [0.5, 0.6) is 23.0 Å². The van der Waals surface area contributed by atoms with Crippen molar-refractivity contribution >= 4 is 11.0 Å². The predicted octanol–water partition coefficient (Wildman–Crippen LogP) is -4.95. The first-order valence-corrected chi connectivity index (χ1v) is 16.5. The van der Waals surface area contributed by atoms with Gasteiger partial charge in [-0.15, -0.1) is 0 Å². The molecule has 0 amide bonds. The van der Waals surface area contributed by atoms with Gasteiger partial charge in [-0.05, 0) is 18.2 Å². The van der Waals surface area contributed by atoms with Crippen LogP contribution in [0.4, 0.5) is 0 Å². The molecule has 3 aliphatic rings. The van der Waals surface area contributed by atoms with Gasteiger partial charge in [-0.2, -0.15) is 0 Å². The lowest BCUT2D eigenvalue weighted by molar-refractivity contribution is -0.323. The summed E-state index contributed by atoms with van der Waals surface area (Å²) in [6.45, 7) is -2.07. The SMILES string of the molecule is O=c1cc(-c2ccc(O[C@@H]3O[C@@H](CO)[C@@H](O)C(O)C3O)c(O)c2)oc2cc(O[C@@H]3OC(CO[C@@H]4OC(CO)[C@@H](O)C(O)[C@H]4O)[C@@H](O)[C@H](O)C3O)cc(O)c12. The molecule has 6 unspecified atom stereocenters. The fourth-order valence-electron chi connectivity index (χ4n) is 6.19. The van der Waals surface area contributed by atoms with Gasteiger partial charge >= 0.3 is 0 Å². The second kappa shape index (κ2) is 16.2. The Morgan fingerprint density at radius 2 is 1.11 bits per heavy atom. The number of hydrogen-bond donors (Lipinski definition) is 13. The molecule has 3 saturated heterocycles. The van der Waals surface area contributed by atoms with E-state index in [0.717, 1.165) is 24.3 Å². The van der Waals surface area contributed by atoms with Crippen molar-refractivity contribution in [3.63, 3.8) is 0 Å². The predicted molar refractivity (Wildman–Crippen MR) is 173 cm³/mol. The third kappa shape index (κ3) is 7.70. The average molecular weight is 773 g/mol. The van der Waals surface area contributed by atoms with Crippen molar-refractivity contribution in [1.82, 2.24) is 0 Å². The molecule has 0 aliphatic carbocycles. The van der Waals surface area contributed by atoms with Gasteiger partial charge in [0.2, 0.25) is 12.6 Å². The van der Waals surface area contributed by atoms with Crippen LogP contribution < -0.4 is 14.9 Å². The topological polar surface area (TPSA) is 349 Å². The Morgan fingerprint density at radius 3 is 1.70 bits per heavy atom. The number of benzene rings is 2. The first-order valence-electron chi connectivity index (χ1n) is 16.5. The maximum Gasteiger partial charge on any atom is 0.229 e. The highest BCUT2D eigenvalue weighted by Gasteiger charge is 2.48. The summed E-state index contributed by atoms with van der Waals surface area (Å²) in [5, 5.41) is 132. The molecule has 2 aromatic carbocycles. The summed E-state index contributed by atoms with van der Waals surface area (Å²) in [4.78, 5) is 13.1. The second-order valence-corrected chi connectivity index (χ2v) is 13.0. The van der Waals surface area contributed by atoms with Gasteiger partial charge in [0.05, 0.1) is 19.8 Å². The standard InChI is InChI=1S/C33H40O21/c34-7-18-22(39)25(42)28(45)31(52-18)48-9-20-24(41)27(44)29(46)32(54-20)49-11-4-13(37)21-14(38)6-16(50-17(21)5-11)10-1-2-15(12(36)3-10)51-33-30(47)26(43)23(40)19(8-35)53-33/h1-6,18-20,22-37,39-47H,7-9H2/t18?,19-,20?,22+,23+,24+,25?,26?,27-,28+,29?,30?,31+,32+,33+/m0/s1. The molecule has 3 aliphatic heterocycles. The Kier molecular flexibility index (Phi) is 11.9. The Hall–Kier alpha value is -3.75. The number of fused-ring (bicyclic) bond motifs is 1. The molecule has 298 valence electrons. The van der Waals surface area contributed by atoms with E-state index in [1.165, 1.54) is 12.1 Å². The Bertz CT molecular complexity index is 1820. The Morgan fingerprint density at radius 1 is 0.574 bits per heavy atom. The second-order valence-electron chi connectivity index (χ2n) is 13.0. The van der Waals surface area contributed by atoms with E-state index in [4.69, 9.17) is 32.8 Å². The van der Waals surface area contributed by atoms with Gasteiger partial charge in [-0.1, -0.05) is 0 Å². The van der Waals surface area contributed by atoms with Gasteiger partial charge in [0.1, 0.15) is 101 Å². The van der Waals surface area contributed by atoms with Crippen molar-refractivity contribution < 1.29 is 99.2 Å². The van der Waals surface area contributed by atoms with E-state index in [1.54, 1.807) is 0 Å². The quantitative estimate of drug-likeness (QED) is 0.0918. The number of aromatic hydroxyl groups is 2. The van der Waals surface area contributed by atoms with Crippen LogP contribution in [-0.2, 0) is 18.9 Å². The summed E-state index contributed by atoms with van der Waals surface area (Å²) in [5.74, 6) is -1.80. The lowest BCUT2D eigenvalue weighted by Crippen LogP contribution is -2.62. The molecular formula is C33H40O21. The van der Waals surface area contributed by atoms with Crippen LogP contribution >= 0.6 is 0 Å². The van der Waals surface area contributed by atoms with Gasteiger partial charge in [-0.25, -0.2) is 0 Å². The minimum atomic E-state index is -1.88. The van der Waals surface area contributed by atoms with Gasteiger partial charge in [-0.3, -0.25) is 4.79 Å². The zero-order valence-corrected chi connectivity index (χ0v) is 27.8. The van der Waals surface area contributed by atoms with E-state index in [2.05, 4.69) is 0 Å². The third-order valence-electron chi connectivity index (χ3n) is 9.31. The van der Waals surface area contributed by atoms with Crippen LogP contribution in [0.1, 0.15) is 0 Å². The van der Waals surface area contributed by atoms with E-state index in [0.29, 0.717) is 0 Å². The fourth-order valence-corrected chi connectivity index (χ4v) is 6.19. The number of phenolic OH excluding ortho intramolecular Hbond substituents is 2.